The minimum absolute atomic E-state index is 0.504. The van der Waals surface area contributed by atoms with E-state index in [9.17, 15) is 0 Å². The molecule has 0 aliphatic rings. The van der Waals surface area contributed by atoms with Gasteiger partial charge in [0.25, 0.3) is 0 Å². The lowest BCUT2D eigenvalue weighted by Crippen LogP contribution is -1.93. The molecule has 1 rings (SSSR count). The zero-order valence-corrected chi connectivity index (χ0v) is 9.06. The van der Waals surface area contributed by atoms with E-state index in [0.29, 0.717) is 11.8 Å². The molecular weight excluding hydrogens is 184 g/mol. The molecule has 13 heavy (non-hydrogen) atoms. The van der Waals surface area contributed by atoms with Crippen LogP contribution in [0.3, 0.4) is 0 Å². The lowest BCUT2D eigenvalue weighted by Gasteiger charge is -2.10. The third-order valence-electron chi connectivity index (χ3n) is 2.12. The Balaban J connectivity index is 3.05. The topological polar surface area (TPSA) is 9.23 Å². The van der Waals surface area contributed by atoms with E-state index in [1.165, 1.54) is 5.56 Å². The molecule has 0 radical (unpaired) electrons. The average molecular weight is 199 g/mol. The van der Waals surface area contributed by atoms with Crippen LogP contribution in [-0.4, -0.2) is 7.11 Å². The maximum Gasteiger partial charge on any atom is 0.123 e. The first-order chi connectivity index (χ1) is 6.19. The predicted octanol–water partition coefficient (Wildman–Crippen LogP) is 3.56. The van der Waals surface area contributed by atoms with E-state index in [2.05, 4.69) is 26.0 Å². The zero-order chi connectivity index (χ0) is 9.84. The number of rotatable bonds is 3. The summed E-state index contributed by atoms with van der Waals surface area (Å²) in [5.74, 6) is 1.91. The van der Waals surface area contributed by atoms with Crippen molar-refractivity contribution in [2.75, 3.05) is 7.11 Å². The Bertz CT molecular complexity index is 281. The highest BCUT2D eigenvalue weighted by atomic mass is 35.5. The highest BCUT2D eigenvalue weighted by Crippen LogP contribution is 2.25. The molecule has 0 saturated carbocycles. The van der Waals surface area contributed by atoms with Crippen molar-refractivity contribution in [1.29, 1.82) is 0 Å². The van der Waals surface area contributed by atoms with Crippen LogP contribution in [0.4, 0.5) is 0 Å². The molecule has 2 heteroatoms. The SMILES string of the molecule is COc1ccc(C(C)C)cc1CCl. The summed E-state index contributed by atoms with van der Waals surface area (Å²) >= 11 is 5.81. The summed E-state index contributed by atoms with van der Waals surface area (Å²) in [6, 6.07) is 6.17. The molecule has 0 bridgehead atoms. The second-order valence-corrected chi connectivity index (χ2v) is 3.63. The Morgan fingerprint density at radius 3 is 2.54 bits per heavy atom. The van der Waals surface area contributed by atoms with Gasteiger partial charge in [0.2, 0.25) is 0 Å². The molecule has 0 aliphatic carbocycles. The van der Waals surface area contributed by atoms with Crippen LogP contribution in [0.1, 0.15) is 30.9 Å². The molecule has 0 spiro atoms. The van der Waals surface area contributed by atoms with Crippen LogP contribution in [0.15, 0.2) is 18.2 Å². The van der Waals surface area contributed by atoms with E-state index >= 15 is 0 Å². The number of methoxy groups -OCH3 is 1. The van der Waals surface area contributed by atoms with Gasteiger partial charge in [-0.15, -0.1) is 11.6 Å². The van der Waals surface area contributed by atoms with Gasteiger partial charge in [0, 0.05) is 5.56 Å². The van der Waals surface area contributed by atoms with E-state index < -0.39 is 0 Å². The van der Waals surface area contributed by atoms with Gasteiger partial charge in [0.15, 0.2) is 0 Å². The van der Waals surface area contributed by atoms with Gasteiger partial charge < -0.3 is 4.74 Å². The van der Waals surface area contributed by atoms with Gasteiger partial charge in [-0.3, -0.25) is 0 Å². The summed E-state index contributed by atoms with van der Waals surface area (Å²) < 4.78 is 5.19. The summed E-state index contributed by atoms with van der Waals surface area (Å²) in [6.45, 7) is 4.33. The van der Waals surface area contributed by atoms with Crippen molar-refractivity contribution in [3.63, 3.8) is 0 Å². The van der Waals surface area contributed by atoms with Gasteiger partial charge >= 0.3 is 0 Å². The van der Waals surface area contributed by atoms with Crippen LogP contribution < -0.4 is 4.74 Å². The Morgan fingerprint density at radius 2 is 2.08 bits per heavy atom. The minimum Gasteiger partial charge on any atom is -0.496 e. The lowest BCUT2D eigenvalue weighted by molar-refractivity contribution is 0.411. The standard InChI is InChI=1S/C11H15ClO/c1-8(2)9-4-5-11(13-3)10(6-9)7-12/h4-6,8H,7H2,1-3H3. The summed E-state index contributed by atoms with van der Waals surface area (Å²) in [5, 5.41) is 0. The Morgan fingerprint density at radius 1 is 1.38 bits per heavy atom. The maximum absolute atomic E-state index is 5.81. The highest BCUT2D eigenvalue weighted by Gasteiger charge is 2.05. The number of hydrogen-bond donors (Lipinski definition) is 0. The van der Waals surface area contributed by atoms with Crippen molar-refractivity contribution >= 4 is 11.6 Å². The van der Waals surface area contributed by atoms with Crippen LogP contribution in [0.2, 0.25) is 0 Å². The molecule has 0 N–H and O–H groups in total. The van der Waals surface area contributed by atoms with E-state index in [4.69, 9.17) is 16.3 Å². The number of hydrogen-bond acceptors (Lipinski definition) is 1. The van der Waals surface area contributed by atoms with Crippen LogP contribution in [-0.2, 0) is 5.88 Å². The van der Waals surface area contributed by atoms with Gasteiger partial charge in [-0.1, -0.05) is 26.0 Å². The van der Waals surface area contributed by atoms with Gasteiger partial charge in [-0.2, -0.15) is 0 Å². The molecule has 72 valence electrons. The first-order valence-corrected chi connectivity index (χ1v) is 4.95. The summed E-state index contributed by atoms with van der Waals surface area (Å²) in [7, 11) is 1.67. The van der Waals surface area contributed by atoms with Crippen LogP contribution >= 0.6 is 11.6 Å². The van der Waals surface area contributed by atoms with Crippen molar-refractivity contribution in [2.24, 2.45) is 0 Å². The quantitative estimate of drug-likeness (QED) is 0.675. The average Bonchev–Trinajstić information content (AvgIpc) is 2.16. The molecule has 1 aromatic rings. The summed E-state index contributed by atoms with van der Waals surface area (Å²) in [5.41, 5.74) is 2.37. The molecule has 1 nitrogen and oxygen atoms in total. The highest BCUT2D eigenvalue weighted by molar-refractivity contribution is 6.17. The summed E-state index contributed by atoms with van der Waals surface area (Å²) in [6.07, 6.45) is 0. The van der Waals surface area contributed by atoms with Crippen molar-refractivity contribution in [3.05, 3.63) is 29.3 Å². The maximum atomic E-state index is 5.81. The molecule has 0 aromatic heterocycles. The second kappa shape index (κ2) is 4.52. The van der Waals surface area contributed by atoms with E-state index in [0.717, 1.165) is 11.3 Å². The molecule has 0 atom stereocenters. The van der Waals surface area contributed by atoms with Crippen molar-refractivity contribution < 1.29 is 4.74 Å². The molecule has 0 unspecified atom stereocenters. The van der Waals surface area contributed by atoms with Crippen molar-refractivity contribution in [3.8, 4) is 5.75 Å². The Kier molecular flexibility index (Phi) is 3.61. The zero-order valence-electron chi connectivity index (χ0n) is 8.30. The number of benzene rings is 1. The third-order valence-corrected chi connectivity index (χ3v) is 2.40. The fraction of sp³-hybridized carbons (Fsp3) is 0.455. The van der Waals surface area contributed by atoms with E-state index in [1.807, 2.05) is 6.07 Å². The predicted molar refractivity (Wildman–Crippen MR) is 56.6 cm³/mol. The fourth-order valence-electron chi connectivity index (χ4n) is 1.26. The Hall–Kier alpha value is -0.690. The number of alkyl halides is 1. The molecule has 0 heterocycles. The van der Waals surface area contributed by atoms with Gasteiger partial charge in [0.05, 0.1) is 13.0 Å². The minimum atomic E-state index is 0.504. The third kappa shape index (κ3) is 2.38. The van der Waals surface area contributed by atoms with Crippen LogP contribution in [0.5, 0.6) is 5.75 Å². The molecular formula is C11H15ClO. The lowest BCUT2D eigenvalue weighted by atomic mass is 10.0. The smallest absolute Gasteiger partial charge is 0.123 e. The van der Waals surface area contributed by atoms with Crippen molar-refractivity contribution in [2.45, 2.75) is 25.6 Å². The largest absolute Gasteiger partial charge is 0.496 e. The fourth-order valence-corrected chi connectivity index (χ4v) is 1.47. The van der Waals surface area contributed by atoms with Crippen molar-refractivity contribution in [1.82, 2.24) is 0 Å². The summed E-state index contributed by atoms with van der Waals surface area (Å²) in [4.78, 5) is 0. The first-order valence-electron chi connectivity index (χ1n) is 4.41. The second-order valence-electron chi connectivity index (χ2n) is 3.36. The van der Waals surface area contributed by atoms with Crippen LogP contribution in [0.25, 0.3) is 0 Å². The van der Waals surface area contributed by atoms with E-state index in [1.54, 1.807) is 7.11 Å². The van der Waals surface area contributed by atoms with Gasteiger partial charge in [-0.25, -0.2) is 0 Å². The Labute approximate surface area is 84.7 Å². The first kappa shape index (κ1) is 10.4. The monoisotopic (exact) mass is 198 g/mol. The molecule has 0 aliphatic heterocycles. The normalized spacial score (nSPS) is 10.5. The van der Waals surface area contributed by atoms with E-state index in [-0.39, 0.29) is 0 Å². The molecule has 0 fully saturated rings. The molecule has 0 amide bonds. The molecule has 0 saturated heterocycles. The van der Waals surface area contributed by atoms with Crippen LogP contribution in [0, 0.1) is 0 Å². The number of halogens is 1. The number of ether oxygens (including phenoxy) is 1. The molecule has 1 aromatic carbocycles. The van der Waals surface area contributed by atoms with Gasteiger partial charge in [0.1, 0.15) is 5.75 Å². The van der Waals surface area contributed by atoms with Gasteiger partial charge in [-0.05, 0) is 17.5 Å².